The van der Waals surface area contributed by atoms with Crippen LogP contribution in [0.15, 0.2) is 53.0 Å². The molecular weight excluding hydrogens is 347 g/mol. The van der Waals surface area contributed by atoms with Gasteiger partial charge in [0.2, 0.25) is 0 Å². The highest BCUT2D eigenvalue weighted by molar-refractivity contribution is 9.10. The molecule has 2 aromatic carbocycles. The Balaban J connectivity index is 2.00. The molecule has 0 radical (unpaired) electrons. The summed E-state index contributed by atoms with van der Waals surface area (Å²) in [5.41, 5.74) is 0.314. The molecule has 2 nitrogen and oxygen atoms in total. The van der Waals surface area contributed by atoms with Gasteiger partial charge in [-0.2, -0.15) is 13.2 Å². The van der Waals surface area contributed by atoms with Crippen molar-refractivity contribution in [2.75, 3.05) is 0 Å². The first-order chi connectivity index (χ1) is 9.86. The third-order valence-electron chi connectivity index (χ3n) is 2.82. The summed E-state index contributed by atoms with van der Waals surface area (Å²) in [4.78, 5) is 11.9. The molecule has 2 rings (SSSR count). The van der Waals surface area contributed by atoms with Gasteiger partial charge in [-0.3, -0.25) is 4.79 Å². The number of benzene rings is 2. The van der Waals surface area contributed by atoms with Crippen molar-refractivity contribution in [3.05, 3.63) is 69.7 Å². The lowest BCUT2D eigenvalue weighted by Crippen LogP contribution is -2.22. The monoisotopic (exact) mass is 357 g/mol. The number of hydrogen-bond acceptors (Lipinski definition) is 1. The molecule has 0 aliphatic heterocycles. The first kappa shape index (κ1) is 15.6. The molecule has 21 heavy (non-hydrogen) atoms. The Bertz CT molecular complexity index is 638. The Morgan fingerprint density at radius 2 is 1.76 bits per heavy atom. The predicted octanol–water partition coefficient (Wildman–Crippen LogP) is 4.40. The van der Waals surface area contributed by atoms with Gasteiger partial charge in [-0.05, 0) is 42.0 Å². The molecule has 1 amide bonds. The third kappa shape index (κ3) is 4.32. The summed E-state index contributed by atoms with van der Waals surface area (Å²) < 4.78 is 38.2. The highest BCUT2D eigenvalue weighted by Crippen LogP contribution is 2.29. The molecule has 0 saturated carbocycles. The molecule has 0 aliphatic rings. The molecule has 6 heteroatoms. The van der Waals surface area contributed by atoms with Crippen molar-refractivity contribution in [3.8, 4) is 0 Å². The SMILES string of the molecule is O=C(NCc1cccc(Br)c1)c1ccc(C(F)(F)F)cc1. The van der Waals surface area contributed by atoms with Crippen LogP contribution in [0.1, 0.15) is 21.5 Å². The van der Waals surface area contributed by atoms with Crippen LogP contribution >= 0.6 is 15.9 Å². The molecule has 1 N–H and O–H groups in total. The van der Waals surface area contributed by atoms with Gasteiger partial charge in [-0.1, -0.05) is 28.1 Å². The zero-order valence-corrected chi connectivity index (χ0v) is 12.3. The number of carbonyl (C=O) groups is 1. The maximum absolute atomic E-state index is 12.4. The van der Waals surface area contributed by atoms with E-state index in [1.54, 1.807) is 0 Å². The average molecular weight is 358 g/mol. The summed E-state index contributed by atoms with van der Waals surface area (Å²) >= 11 is 3.32. The van der Waals surface area contributed by atoms with Crippen LogP contribution in [0.2, 0.25) is 0 Å². The van der Waals surface area contributed by atoms with Crippen molar-refractivity contribution in [1.82, 2.24) is 5.32 Å². The van der Waals surface area contributed by atoms with E-state index in [0.717, 1.165) is 22.2 Å². The first-order valence-corrected chi connectivity index (χ1v) is 6.85. The quantitative estimate of drug-likeness (QED) is 0.866. The van der Waals surface area contributed by atoms with Crippen LogP contribution in [0.25, 0.3) is 0 Å². The van der Waals surface area contributed by atoms with Crippen molar-refractivity contribution < 1.29 is 18.0 Å². The number of alkyl halides is 3. The highest BCUT2D eigenvalue weighted by Gasteiger charge is 2.30. The molecule has 0 heterocycles. The Kier molecular flexibility index (Phi) is 4.67. The maximum Gasteiger partial charge on any atom is 0.416 e. The minimum absolute atomic E-state index is 0.193. The number of rotatable bonds is 3. The molecule has 0 aliphatic carbocycles. The number of nitrogens with one attached hydrogen (secondary N) is 1. The molecule has 0 spiro atoms. The van der Waals surface area contributed by atoms with Crippen LogP contribution < -0.4 is 5.32 Å². The van der Waals surface area contributed by atoms with E-state index >= 15 is 0 Å². The highest BCUT2D eigenvalue weighted by atomic mass is 79.9. The number of halogens is 4. The predicted molar refractivity (Wildman–Crippen MR) is 76.8 cm³/mol. The summed E-state index contributed by atoms with van der Waals surface area (Å²) in [7, 11) is 0. The second-order valence-corrected chi connectivity index (χ2v) is 5.30. The lowest BCUT2D eigenvalue weighted by molar-refractivity contribution is -0.137. The fourth-order valence-corrected chi connectivity index (χ4v) is 2.19. The van der Waals surface area contributed by atoms with Crippen LogP contribution in [0.3, 0.4) is 0 Å². The summed E-state index contributed by atoms with van der Waals surface area (Å²) in [6.07, 6.45) is -4.40. The Morgan fingerprint density at radius 1 is 1.10 bits per heavy atom. The zero-order chi connectivity index (χ0) is 15.5. The van der Waals surface area contributed by atoms with Crippen LogP contribution in [-0.4, -0.2) is 5.91 Å². The van der Waals surface area contributed by atoms with Crippen molar-refractivity contribution >= 4 is 21.8 Å². The van der Waals surface area contributed by atoms with Crippen LogP contribution in [0, 0.1) is 0 Å². The van der Waals surface area contributed by atoms with Gasteiger partial charge in [-0.25, -0.2) is 0 Å². The van der Waals surface area contributed by atoms with Gasteiger partial charge in [0, 0.05) is 16.6 Å². The molecular formula is C15H11BrF3NO. The largest absolute Gasteiger partial charge is 0.416 e. The molecule has 0 unspecified atom stereocenters. The molecule has 0 saturated heterocycles. The normalized spacial score (nSPS) is 11.2. The van der Waals surface area contributed by atoms with E-state index in [-0.39, 0.29) is 5.56 Å². The van der Waals surface area contributed by atoms with Crippen LogP contribution in [0.5, 0.6) is 0 Å². The fourth-order valence-electron chi connectivity index (χ4n) is 1.74. The minimum Gasteiger partial charge on any atom is -0.348 e. The van der Waals surface area contributed by atoms with Gasteiger partial charge in [0.05, 0.1) is 5.56 Å². The van der Waals surface area contributed by atoms with Gasteiger partial charge < -0.3 is 5.32 Å². The van der Waals surface area contributed by atoms with Gasteiger partial charge in [0.1, 0.15) is 0 Å². The zero-order valence-electron chi connectivity index (χ0n) is 10.7. The topological polar surface area (TPSA) is 29.1 Å². The molecule has 2 aromatic rings. The van der Waals surface area contributed by atoms with Crippen molar-refractivity contribution in [3.63, 3.8) is 0 Å². The second-order valence-electron chi connectivity index (χ2n) is 4.39. The van der Waals surface area contributed by atoms with Crippen LogP contribution in [0.4, 0.5) is 13.2 Å². The van der Waals surface area contributed by atoms with Crippen molar-refractivity contribution in [2.45, 2.75) is 12.7 Å². The molecule has 0 bridgehead atoms. The van der Waals surface area contributed by atoms with E-state index in [9.17, 15) is 18.0 Å². The average Bonchev–Trinajstić information content (AvgIpc) is 2.44. The Hall–Kier alpha value is -1.82. The lowest BCUT2D eigenvalue weighted by atomic mass is 10.1. The minimum atomic E-state index is -4.40. The van der Waals surface area contributed by atoms with E-state index in [1.165, 1.54) is 12.1 Å². The number of amides is 1. The first-order valence-electron chi connectivity index (χ1n) is 6.06. The molecule has 0 atom stereocenters. The lowest BCUT2D eigenvalue weighted by Gasteiger charge is -2.08. The standard InChI is InChI=1S/C15H11BrF3NO/c16-13-3-1-2-10(8-13)9-20-14(21)11-4-6-12(7-5-11)15(17,18)19/h1-8H,9H2,(H,20,21). The van der Waals surface area contributed by atoms with Gasteiger partial charge in [0.15, 0.2) is 0 Å². The summed E-state index contributed by atoms with van der Waals surface area (Å²) in [6.45, 7) is 0.305. The van der Waals surface area contributed by atoms with E-state index in [0.29, 0.717) is 6.54 Å². The van der Waals surface area contributed by atoms with Gasteiger partial charge in [0.25, 0.3) is 5.91 Å². The maximum atomic E-state index is 12.4. The Labute approximate surface area is 128 Å². The summed E-state index contributed by atoms with van der Waals surface area (Å²) in [6, 6.07) is 11.5. The Morgan fingerprint density at radius 3 is 2.33 bits per heavy atom. The number of hydrogen-bond donors (Lipinski definition) is 1. The molecule has 0 aromatic heterocycles. The molecule has 110 valence electrons. The van der Waals surface area contributed by atoms with Crippen LogP contribution in [-0.2, 0) is 12.7 Å². The summed E-state index contributed by atoms with van der Waals surface area (Å²) in [5, 5.41) is 2.66. The van der Waals surface area contributed by atoms with Crippen molar-refractivity contribution in [1.29, 1.82) is 0 Å². The van der Waals surface area contributed by atoms with E-state index < -0.39 is 17.6 Å². The smallest absolute Gasteiger partial charge is 0.348 e. The van der Waals surface area contributed by atoms with E-state index in [1.807, 2.05) is 24.3 Å². The van der Waals surface area contributed by atoms with Gasteiger partial charge >= 0.3 is 6.18 Å². The second kappa shape index (κ2) is 6.30. The van der Waals surface area contributed by atoms with Gasteiger partial charge in [-0.15, -0.1) is 0 Å². The third-order valence-corrected chi connectivity index (χ3v) is 3.31. The number of carbonyl (C=O) groups excluding carboxylic acids is 1. The fraction of sp³-hybridized carbons (Fsp3) is 0.133. The van der Waals surface area contributed by atoms with E-state index in [4.69, 9.17) is 0 Å². The molecule has 0 fully saturated rings. The van der Waals surface area contributed by atoms with E-state index in [2.05, 4.69) is 21.2 Å². The summed E-state index contributed by atoms with van der Waals surface area (Å²) in [5.74, 6) is -0.413. The van der Waals surface area contributed by atoms with Crippen molar-refractivity contribution in [2.24, 2.45) is 0 Å².